The molecule has 156 valence electrons. The number of aliphatic hydroxyl groups excluding tert-OH is 1. The Morgan fingerprint density at radius 3 is 1.96 bits per heavy atom. The Hall–Kier alpha value is -1.85. The number of hydrogen-bond acceptors (Lipinski definition) is 7. The zero-order valence-electron chi connectivity index (χ0n) is 16.0. The maximum atomic E-state index is 12.5. The number of nitrogens with one attached hydrogen (secondary N) is 3. The summed E-state index contributed by atoms with van der Waals surface area (Å²) in [6.45, 7) is 4.39. The van der Waals surface area contributed by atoms with Gasteiger partial charge in [0.05, 0.1) is 12.6 Å². The van der Waals surface area contributed by atoms with Gasteiger partial charge >= 0.3 is 5.97 Å². The van der Waals surface area contributed by atoms with Crippen LogP contribution in [0, 0.1) is 5.92 Å². The smallest absolute Gasteiger partial charge is 0.326 e. The average Bonchev–Trinajstić information content (AvgIpc) is 2.59. The summed E-state index contributed by atoms with van der Waals surface area (Å²) in [6, 6.07) is -3.47. The van der Waals surface area contributed by atoms with Gasteiger partial charge in [0.2, 0.25) is 17.7 Å². The van der Waals surface area contributed by atoms with Gasteiger partial charge in [-0.25, -0.2) is 4.79 Å². The Labute approximate surface area is 163 Å². The van der Waals surface area contributed by atoms with Crippen molar-refractivity contribution in [2.45, 2.75) is 51.4 Å². The zero-order valence-corrected chi connectivity index (χ0v) is 16.8. The van der Waals surface area contributed by atoms with Crippen LogP contribution in [0.25, 0.3) is 0 Å². The van der Waals surface area contributed by atoms with Crippen molar-refractivity contribution in [1.82, 2.24) is 16.0 Å². The lowest BCUT2D eigenvalue weighted by Gasteiger charge is -2.27. The third-order valence-corrected chi connectivity index (χ3v) is 4.38. The van der Waals surface area contributed by atoms with Crippen molar-refractivity contribution in [1.29, 1.82) is 0 Å². The molecule has 0 bridgehead atoms. The largest absolute Gasteiger partial charge is 0.480 e. The molecule has 0 aromatic heterocycles. The SMILES string of the molecule is CSCCC(NC(=O)C(NC(=O)C(NC(=O)CN)C(C)C)C(C)O)C(=O)O. The van der Waals surface area contributed by atoms with Gasteiger partial charge in [-0.15, -0.1) is 0 Å². The van der Waals surface area contributed by atoms with E-state index in [1.165, 1.54) is 18.7 Å². The average molecular weight is 407 g/mol. The second kappa shape index (κ2) is 12.5. The van der Waals surface area contributed by atoms with Crippen molar-refractivity contribution in [3.05, 3.63) is 0 Å². The maximum absolute atomic E-state index is 12.5. The van der Waals surface area contributed by atoms with Crippen LogP contribution in [0.2, 0.25) is 0 Å². The van der Waals surface area contributed by atoms with Crippen molar-refractivity contribution < 1.29 is 29.4 Å². The molecular formula is C16H30N4O6S. The summed E-state index contributed by atoms with van der Waals surface area (Å²) in [5, 5.41) is 26.2. The second-order valence-electron chi connectivity index (χ2n) is 6.40. The third kappa shape index (κ3) is 9.07. The molecule has 7 N–H and O–H groups in total. The van der Waals surface area contributed by atoms with E-state index in [1.807, 2.05) is 0 Å². The number of carbonyl (C=O) groups is 4. The Balaban J connectivity index is 5.18. The minimum Gasteiger partial charge on any atom is -0.480 e. The fourth-order valence-corrected chi connectivity index (χ4v) is 2.64. The molecule has 0 rings (SSSR count). The summed E-state index contributed by atoms with van der Waals surface area (Å²) in [5.41, 5.74) is 5.24. The number of carbonyl (C=O) groups excluding carboxylic acids is 3. The van der Waals surface area contributed by atoms with Crippen LogP contribution < -0.4 is 21.7 Å². The molecule has 4 atom stereocenters. The first-order chi connectivity index (χ1) is 12.5. The van der Waals surface area contributed by atoms with Gasteiger partial charge in [0.15, 0.2) is 0 Å². The Bertz CT molecular complexity index is 529. The molecule has 0 spiro atoms. The van der Waals surface area contributed by atoms with Crippen LogP contribution in [0.15, 0.2) is 0 Å². The van der Waals surface area contributed by atoms with E-state index in [9.17, 15) is 29.4 Å². The van der Waals surface area contributed by atoms with Gasteiger partial charge in [0.25, 0.3) is 0 Å². The molecule has 0 aliphatic carbocycles. The highest BCUT2D eigenvalue weighted by atomic mass is 32.2. The number of hydrogen-bond donors (Lipinski definition) is 6. The predicted molar refractivity (Wildman–Crippen MR) is 102 cm³/mol. The summed E-state index contributed by atoms with van der Waals surface area (Å²) in [4.78, 5) is 47.6. The van der Waals surface area contributed by atoms with Crippen molar-refractivity contribution in [2.24, 2.45) is 11.7 Å². The molecule has 0 radical (unpaired) electrons. The molecule has 0 saturated heterocycles. The first kappa shape index (κ1) is 25.1. The van der Waals surface area contributed by atoms with E-state index in [0.29, 0.717) is 5.75 Å². The molecule has 0 heterocycles. The summed E-state index contributed by atoms with van der Waals surface area (Å²) < 4.78 is 0. The molecule has 0 aromatic rings. The van der Waals surface area contributed by atoms with Gasteiger partial charge in [-0.2, -0.15) is 11.8 Å². The minimum atomic E-state index is -1.37. The minimum absolute atomic E-state index is 0.198. The molecule has 0 aliphatic heterocycles. The summed E-state index contributed by atoms with van der Waals surface area (Å²) in [5.74, 6) is -3.02. The number of amides is 3. The van der Waals surface area contributed by atoms with Crippen molar-refractivity contribution in [3.63, 3.8) is 0 Å². The normalized spacial score (nSPS) is 15.4. The summed E-state index contributed by atoms with van der Waals surface area (Å²) in [7, 11) is 0. The van der Waals surface area contributed by atoms with Crippen molar-refractivity contribution >= 4 is 35.5 Å². The Kier molecular flexibility index (Phi) is 11.7. The first-order valence-electron chi connectivity index (χ1n) is 8.55. The van der Waals surface area contributed by atoms with Crippen molar-refractivity contribution in [2.75, 3.05) is 18.6 Å². The molecule has 4 unspecified atom stereocenters. The van der Waals surface area contributed by atoms with Gasteiger partial charge in [0, 0.05) is 0 Å². The number of carboxylic acid groups (broad SMARTS) is 1. The number of aliphatic carboxylic acids is 1. The van der Waals surface area contributed by atoms with Crippen LogP contribution in [0.4, 0.5) is 0 Å². The van der Waals surface area contributed by atoms with E-state index in [-0.39, 0.29) is 18.9 Å². The quantitative estimate of drug-likeness (QED) is 0.222. The zero-order chi connectivity index (χ0) is 21.1. The number of nitrogens with two attached hydrogens (primary N) is 1. The fourth-order valence-electron chi connectivity index (χ4n) is 2.17. The lowest BCUT2D eigenvalue weighted by Crippen LogP contribution is -2.60. The van der Waals surface area contributed by atoms with E-state index >= 15 is 0 Å². The monoisotopic (exact) mass is 406 g/mol. The Morgan fingerprint density at radius 2 is 1.56 bits per heavy atom. The van der Waals surface area contributed by atoms with Crippen LogP contribution >= 0.6 is 11.8 Å². The van der Waals surface area contributed by atoms with Gasteiger partial charge in [-0.1, -0.05) is 13.8 Å². The van der Waals surface area contributed by atoms with Crippen LogP contribution in [0.3, 0.4) is 0 Å². The molecule has 27 heavy (non-hydrogen) atoms. The predicted octanol–water partition coefficient (Wildman–Crippen LogP) is -1.73. The fraction of sp³-hybridized carbons (Fsp3) is 0.750. The highest BCUT2D eigenvalue weighted by Gasteiger charge is 2.32. The molecule has 0 fully saturated rings. The molecule has 0 aliphatic rings. The van der Waals surface area contributed by atoms with E-state index in [1.54, 1.807) is 20.1 Å². The van der Waals surface area contributed by atoms with E-state index in [4.69, 9.17) is 5.73 Å². The van der Waals surface area contributed by atoms with E-state index in [0.717, 1.165) is 0 Å². The topological polar surface area (TPSA) is 171 Å². The molecule has 11 heteroatoms. The highest BCUT2D eigenvalue weighted by Crippen LogP contribution is 2.06. The molecule has 3 amide bonds. The van der Waals surface area contributed by atoms with Gasteiger partial charge in [-0.3, -0.25) is 14.4 Å². The second-order valence-corrected chi connectivity index (χ2v) is 7.39. The number of rotatable bonds is 12. The lowest BCUT2D eigenvalue weighted by molar-refractivity contribution is -0.143. The van der Waals surface area contributed by atoms with Gasteiger partial charge < -0.3 is 31.9 Å². The molecule has 0 saturated carbocycles. The molecule has 10 nitrogen and oxygen atoms in total. The summed E-state index contributed by atoms with van der Waals surface area (Å²) in [6.07, 6.45) is 0.729. The number of carboxylic acids is 1. The summed E-state index contributed by atoms with van der Waals surface area (Å²) >= 11 is 1.43. The molecular weight excluding hydrogens is 376 g/mol. The van der Waals surface area contributed by atoms with Crippen LogP contribution in [-0.4, -0.2) is 76.7 Å². The van der Waals surface area contributed by atoms with E-state index < -0.39 is 47.9 Å². The maximum Gasteiger partial charge on any atom is 0.326 e. The Morgan fingerprint density at radius 1 is 1.00 bits per heavy atom. The highest BCUT2D eigenvalue weighted by molar-refractivity contribution is 7.98. The first-order valence-corrected chi connectivity index (χ1v) is 9.94. The number of aliphatic hydroxyl groups is 1. The lowest BCUT2D eigenvalue weighted by atomic mass is 10.0. The standard InChI is InChI=1S/C16H30N4O6S/c1-8(2)12(19-11(22)7-17)14(23)20-13(9(3)21)15(24)18-10(16(25)26)5-6-27-4/h8-10,12-13,21H,5-7,17H2,1-4H3,(H,18,24)(H,19,22)(H,20,23)(H,25,26). The van der Waals surface area contributed by atoms with Crippen molar-refractivity contribution in [3.8, 4) is 0 Å². The number of thioether (sulfide) groups is 1. The molecule has 0 aromatic carbocycles. The van der Waals surface area contributed by atoms with Gasteiger partial charge in [0.1, 0.15) is 18.1 Å². The van der Waals surface area contributed by atoms with Crippen LogP contribution in [0.5, 0.6) is 0 Å². The third-order valence-electron chi connectivity index (χ3n) is 3.74. The van der Waals surface area contributed by atoms with E-state index in [2.05, 4.69) is 16.0 Å². The van der Waals surface area contributed by atoms with Crippen LogP contribution in [0.1, 0.15) is 27.2 Å². The van der Waals surface area contributed by atoms with Crippen LogP contribution in [-0.2, 0) is 19.2 Å². The van der Waals surface area contributed by atoms with Gasteiger partial charge in [-0.05, 0) is 31.3 Å².